The molecule has 3 rings (SSSR count). The molecule has 6 nitrogen and oxygen atoms in total. The summed E-state index contributed by atoms with van der Waals surface area (Å²) in [6, 6.07) is 8.99. The highest BCUT2D eigenvalue weighted by atomic mass is 19.4. The molecule has 1 amide bonds. The molecule has 2 aromatic carbocycles. The first kappa shape index (κ1) is 18.2. The maximum Gasteiger partial charge on any atom is 0.416 e. The van der Waals surface area contributed by atoms with E-state index in [-0.39, 0.29) is 22.7 Å². The van der Waals surface area contributed by atoms with Gasteiger partial charge in [-0.3, -0.25) is 4.79 Å². The minimum absolute atomic E-state index is 0.0795. The van der Waals surface area contributed by atoms with Crippen LogP contribution < -0.4 is 15.8 Å². The Hall–Kier alpha value is -3.62. The first-order valence-electron chi connectivity index (χ1n) is 7.63. The molecule has 0 bridgehead atoms. The molecule has 3 aromatic rings. The number of ether oxygens (including phenoxy) is 1. The van der Waals surface area contributed by atoms with Gasteiger partial charge in [0.2, 0.25) is 0 Å². The van der Waals surface area contributed by atoms with Crippen LogP contribution in [0.3, 0.4) is 0 Å². The van der Waals surface area contributed by atoms with Gasteiger partial charge in [-0.1, -0.05) is 6.07 Å². The molecular formula is C18H13F3N4O2. The minimum Gasteiger partial charge on any atom is -0.454 e. The Morgan fingerprint density at radius 1 is 1.04 bits per heavy atom. The monoisotopic (exact) mass is 374 g/mol. The SMILES string of the molecule is Nc1cccc(C(=O)Nc2cc(Oc3cncnc3)cc(C(F)(F)F)c2)c1. The summed E-state index contributed by atoms with van der Waals surface area (Å²) in [6.45, 7) is 0. The molecule has 3 N–H and O–H groups in total. The lowest BCUT2D eigenvalue weighted by atomic mass is 10.1. The lowest BCUT2D eigenvalue weighted by Gasteiger charge is -2.13. The maximum absolute atomic E-state index is 13.2. The predicted octanol–water partition coefficient (Wildman–Crippen LogP) is 4.12. The third kappa shape index (κ3) is 4.72. The summed E-state index contributed by atoms with van der Waals surface area (Å²) in [5, 5.41) is 2.42. The Morgan fingerprint density at radius 2 is 1.78 bits per heavy atom. The van der Waals surface area contributed by atoms with E-state index in [4.69, 9.17) is 10.5 Å². The zero-order valence-corrected chi connectivity index (χ0v) is 13.7. The van der Waals surface area contributed by atoms with E-state index in [0.717, 1.165) is 12.1 Å². The number of carbonyl (C=O) groups is 1. The van der Waals surface area contributed by atoms with Gasteiger partial charge in [0.05, 0.1) is 18.0 Å². The second-order valence-electron chi connectivity index (χ2n) is 5.50. The van der Waals surface area contributed by atoms with Crippen molar-refractivity contribution in [1.29, 1.82) is 0 Å². The fraction of sp³-hybridized carbons (Fsp3) is 0.0556. The number of hydrogen-bond acceptors (Lipinski definition) is 5. The van der Waals surface area contributed by atoms with Gasteiger partial charge in [0, 0.05) is 23.0 Å². The zero-order chi connectivity index (χ0) is 19.4. The number of nitrogens with two attached hydrogens (primary N) is 1. The van der Waals surface area contributed by atoms with Crippen LogP contribution in [0, 0.1) is 0 Å². The van der Waals surface area contributed by atoms with Gasteiger partial charge in [0.1, 0.15) is 12.1 Å². The average molecular weight is 374 g/mol. The molecule has 0 saturated carbocycles. The average Bonchev–Trinajstić information content (AvgIpc) is 2.61. The summed E-state index contributed by atoms with van der Waals surface area (Å²) in [6.07, 6.45) is -0.754. The van der Waals surface area contributed by atoms with Gasteiger partial charge in [0.25, 0.3) is 5.91 Å². The summed E-state index contributed by atoms with van der Waals surface area (Å²) < 4.78 is 44.9. The third-order valence-corrected chi connectivity index (χ3v) is 3.41. The second-order valence-corrected chi connectivity index (χ2v) is 5.50. The van der Waals surface area contributed by atoms with Gasteiger partial charge in [0.15, 0.2) is 5.75 Å². The molecule has 1 heterocycles. The topological polar surface area (TPSA) is 90.1 Å². The lowest BCUT2D eigenvalue weighted by molar-refractivity contribution is -0.137. The Bertz CT molecular complexity index is 962. The van der Waals surface area contributed by atoms with E-state index in [1.54, 1.807) is 12.1 Å². The largest absolute Gasteiger partial charge is 0.454 e. The van der Waals surface area contributed by atoms with Gasteiger partial charge in [-0.2, -0.15) is 13.2 Å². The molecule has 0 spiro atoms. The number of rotatable bonds is 4. The summed E-state index contributed by atoms with van der Waals surface area (Å²) in [7, 11) is 0. The molecule has 0 aliphatic rings. The number of nitrogen functional groups attached to an aromatic ring is 1. The molecule has 0 unspecified atom stereocenters. The van der Waals surface area contributed by atoms with Crippen LogP contribution in [-0.4, -0.2) is 15.9 Å². The van der Waals surface area contributed by atoms with E-state index in [9.17, 15) is 18.0 Å². The van der Waals surface area contributed by atoms with Crippen LogP contribution in [0.4, 0.5) is 24.5 Å². The fourth-order valence-electron chi connectivity index (χ4n) is 2.25. The quantitative estimate of drug-likeness (QED) is 0.671. The van der Waals surface area contributed by atoms with E-state index < -0.39 is 17.6 Å². The molecule has 0 fully saturated rings. The number of carbonyl (C=O) groups excluding carboxylic acids is 1. The number of anilines is 2. The summed E-state index contributed by atoms with van der Waals surface area (Å²) in [4.78, 5) is 19.7. The van der Waals surface area contributed by atoms with Crippen molar-refractivity contribution >= 4 is 17.3 Å². The van der Waals surface area contributed by atoms with Crippen molar-refractivity contribution in [3.8, 4) is 11.5 Å². The van der Waals surface area contributed by atoms with Crippen molar-refractivity contribution < 1.29 is 22.7 Å². The minimum atomic E-state index is -4.62. The highest BCUT2D eigenvalue weighted by Gasteiger charge is 2.31. The molecule has 27 heavy (non-hydrogen) atoms. The van der Waals surface area contributed by atoms with Gasteiger partial charge < -0.3 is 15.8 Å². The maximum atomic E-state index is 13.2. The second kappa shape index (κ2) is 7.32. The first-order chi connectivity index (χ1) is 12.8. The number of alkyl halides is 3. The highest BCUT2D eigenvalue weighted by Crippen LogP contribution is 2.35. The van der Waals surface area contributed by atoms with E-state index in [1.807, 2.05) is 0 Å². The molecule has 1 aromatic heterocycles. The van der Waals surface area contributed by atoms with Crippen LogP contribution >= 0.6 is 0 Å². The van der Waals surface area contributed by atoms with Crippen LogP contribution in [-0.2, 0) is 6.18 Å². The summed E-state index contributed by atoms with van der Waals surface area (Å²) >= 11 is 0. The number of benzene rings is 2. The van der Waals surface area contributed by atoms with E-state index in [1.165, 1.54) is 36.9 Å². The van der Waals surface area contributed by atoms with Gasteiger partial charge in [-0.05, 0) is 30.3 Å². The van der Waals surface area contributed by atoms with Gasteiger partial charge in [-0.25, -0.2) is 9.97 Å². The van der Waals surface area contributed by atoms with Crippen molar-refractivity contribution in [2.24, 2.45) is 0 Å². The van der Waals surface area contributed by atoms with Crippen molar-refractivity contribution in [1.82, 2.24) is 9.97 Å². The molecule has 0 aliphatic heterocycles. The predicted molar refractivity (Wildman–Crippen MR) is 92.4 cm³/mol. The smallest absolute Gasteiger partial charge is 0.416 e. The molecule has 0 atom stereocenters. The molecular weight excluding hydrogens is 361 g/mol. The number of halogens is 3. The molecule has 9 heteroatoms. The van der Waals surface area contributed by atoms with Crippen molar-refractivity contribution in [2.45, 2.75) is 6.18 Å². The number of nitrogens with one attached hydrogen (secondary N) is 1. The number of nitrogens with zero attached hydrogens (tertiary/aromatic N) is 2. The molecule has 138 valence electrons. The number of amides is 1. The third-order valence-electron chi connectivity index (χ3n) is 3.41. The molecule has 0 radical (unpaired) electrons. The van der Waals surface area contributed by atoms with Crippen LogP contribution in [0.1, 0.15) is 15.9 Å². The van der Waals surface area contributed by atoms with Gasteiger partial charge in [-0.15, -0.1) is 0 Å². The van der Waals surface area contributed by atoms with Gasteiger partial charge >= 0.3 is 6.18 Å². The van der Waals surface area contributed by atoms with E-state index >= 15 is 0 Å². The molecule has 0 aliphatic carbocycles. The fourth-order valence-corrected chi connectivity index (χ4v) is 2.25. The Labute approximate surface area is 151 Å². The summed E-state index contributed by atoms with van der Waals surface area (Å²) in [5.74, 6) is -0.567. The van der Waals surface area contributed by atoms with Crippen LogP contribution in [0.15, 0.2) is 61.2 Å². The van der Waals surface area contributed by atoms with Crippen molar-refractivity contribution in [3.63, 3.8) is 0 Å². The molecule has 0 saturated heterocycles. The van der Waals surface area contributed by atoms with E-state index in [2.05, 4.69) is 15.3 Å². The first-order valence-corrected chi connectivity index (χ1v) is 7.63. The van der Waals surface area contributed by atoms with Crippen molar-refractivity contribution in [2.75, 3.05) is 11.1 Å². The Kier molecular flexibility index (Phi) is 4.93. The number of aromatic nitrogens is 2. The lowest BCUT2D eigenvalue weighted by Crippen LogP contribution is -2.13. The van der Waals surface area contributed by atoms with Crippen molar-refractivity contribution in [3.05, 3.63) is 72.3 Å². The van der Waals surface area contributed by atoms with Crippen LogP contribution in [0.5, 0.6) is 11.5 Å². The van der Waals surface area contributed by atoms with Crippen LogP contribution in [0.25, 0.3) is 0 Å². The normalized spacial score (nSPS) is 11.1. The van der Waals surface area contributed by atoms with E-state index in [0.29, 0.717) is 5.69 Å². The van der Waals surface area contributed by atoms with Crippen LogP contribution in [0.2, 0.25) is 0 Å². The summed E-state index contributed by atoms with van der Waals surface area (Å²) in [5.41, 5.74) is 5.14. The number of hydrogen-bond donors (Lipinski definition) is 2. The highest BCUT2D eigenvalue weighted by molar-refractivity contribution is 6.04. The Balaban J connectivity index is 1.91. The zero-order valence-electron chi connectivity index (χ0n) is 13.7. The Morgan fingerprint density at radius 3 is 2.44 bits per heavy atom. The standard InChI is InChI=1S/C18H13F3N4O2/c19-18(20,21)12-5-14(25-17(26)11-2-1-3-13(22)4-11)7-15(6-12)27-16-8-23-10-24-9-16/h1-10H,22H2,(H,25,26).